The molecule has 0 saturated carbocycles. The lowest BCUT2D eigenvalue weighted by Crippen LogP contribution is -3.14. The highest BCUT2D eigenvalue weighted by atomic mass is 32.1. The Hall–Kier alpha value is -2.24. The van der Waals surface area contributed by atoms with Gasteiger partial charge in [-0.25, -0.2) is 9.97 Å². The van der Waals surface area contributed by atoms with Crippen molar-refractivity contribution >= 4 is 33.4 Å². The van der Waals surface area contributed by atoms with Gasteiger partial charge < -0.3 is 9.80 Å². The molecule has 1 fully saturated rings. The zero-order valence-electron chi connectivity index (χ0n) is 16.2. The first-order valence-electron chi connectivity index (χ1n) is 10.4. The van der Waals surface area contributed by atoms with E-state index in [4.69, 9.17) is 4.98 Å². The summed E-state index contributed by atoms with van der Waals surface area (Å²) in [7, 11) is 0. The van der Waals surface area contributed by atoms with Gasteiger partial charge in [-0.15, -0.1) is 11.3 Å². The summed E-state index contributed by atoms with van der Waals surface area (Å²) in [6.07, 6.45) is 11.4. The number of benzene rings is 1. The Kier molecular flexibility index (Phi) is 5.10. The SMILES string of the molecule is C(=C/c1ccccc1)/C[NH+]1CCN(c2ncnc3sc4c(c23)CCCC4)CC1. The van der Waals surface area contributed by atoms with Crippen LogP contribution in [-0.2, 0) is 12.8 Å². The number of quaternary nitrogens is 1. The lowest BCUT2D eigenvalue weighted by Gasteiger charge is -2.33. The minimum atomic E-state index is 1.07. The van der Waals surface area contributed by atoms with Crippen LogP contribution in [0.2, 0.25) is 0 Å². The van der Waals surface area contributed by atoms with Gasteiger partial charge in [0.05, 0.1) is 38.1 Å². The van der Waals surface area contributed by atoms with Gasteiger partial charge in [0.2, 0.25) is 0 Å². The number of anilines is 1. The molecule has 0 radical (unpaired) electrons. The van der Waals surface area contributed by atoms with E-state index in [0.717, 1.165) is 32.7 Å². The second kappa shape index (κ2) is 8.02. The van der Waals surface area contributed by atoms with E-state index in [1.165, 1.54) is 47.3 Å². The Morgan fingerprint density at radius 3 is 2.71 bits per heavy atom. The van der Waals surface area contributed by atoms with Crippen LogP contribution in [-0.4, -0.2) is 42.7 Å². The molecule has 28 heavy (non-hydrogen) atoms. The van der Waals surface area contributed by atoms with Crippen molar-refractivity contribution < 1.29 is 4.90 Å². The molecule has 0 bridgehead atoms. The Labute approximate surface area is 170 Å². The molecule has 0 spiro atoms. The monoisotopic (exact) mass is 391 g/mol. The smallest absolute Gasteiger partial charge is 0.141 e. The Morgan fingerprint density at radius 1 is 1.04 bits per heavy atom. The predicted octanol–water partition coefficient (Wildman–Crippen LogP) is 2.99. The molecule has 1 aliphatic heterocycles. The first kappa shape index (κ1) is 17.8. The molecule has 144 valence electrons. The van der Waals surface area contributed by atoms with Crippen molar-refractivity contribution in [2.24, 2.45) is 0 Å². The molecule has 5 rings (SSSR count). The van der Waals surface area contributed by atoms with Crippen LogP contribution in [0.1, 0.15) is 28.8 Å². The summed E-state index contributed by atoms with van der Waals surface area (Å²) < 4.78 is 0. The van der Waals surface area contributed by atoms with Gasteiger partial charge in [0.1, 0.15) is 17.0 Å². The molecule has 1 N–H and O–H groups in total. The van der Waals surface area contributed by atoms with Crippen LogP contribution in [0.4, 0.5) is 5.82 Å². The molecule has 2 aliphatic rings. The highest BCUT2D eigenvalue weighted by Crippen LogP contribution is 2.39. The number of rotatable bonds is 4. The third-order valence-corrected chi connectivity index (χ3v) is 7.22. The fraction of sp³-hybridized carbons (Fsp3) is 0.391. The maximum absolute atomic E-state index is 4.74. The normalized spacial score (nSPS) is 18.1. The standard InChI is InChI=1S/C23H26N4S/c1-2-7-18(8-3-1)9-6-12-26-13-15-27(16-14-26)22-21-19-10-4-5-11-20(19)28-23(21)25-17-24-22/h1-3,6-9,17H,4-5,10-16H2/p+1/b9-6-. The summed E-state index contributed by atoms with van der Waals surface area (Å²) in [5, 5.41) is 1.36. The summed E-state index contributed by atoms with van der Waals surface area (Å²) in [6, 6.07) is 10.6. The lowest BCUT2D eigenvalue weighted by molar-refractivity contribution is -0.894. The molecule has 3 aromatic rings. The second-order valence-corrected chi connectivity index (χ2v) is 8.93. The van der Waals surface area contributed by atoms with E-state index in [9.17, 15) is 0 Å². The van der Waals surface area contributed by atoms with Crippen molar-refractivity contribution in [2.45, 2.75) is 25.7 Å². The Balaban J connectivity index is 1.27. The van der Waals surface area contributed by atoms with Crippen LogP contribution in [0.5, 0.6) is 0 Å². The van der Waals surface area contributed by atoms with Gasteiger partial charge in [-0.1, -0.05) is 36.4 Å². The first-order chi connectivity index (χ1) is 13.9. The molecule has 2 aromatic heterocycles. The van der Waals surface area contributed by atoms with Crippen LogP contribution in [0, 0.1) is 0 Å². The van der Waals surface area contributed by atoms with Crippen LogP contribution < -0.4 is 9.80 Å². The quantitative estimate of drug-likeness (QED) is 0.742. The minimum Gasteiger partial charge on any atom is -0.345 e. The van der Waals surface area contributed by atoms with E-state index in [1.807, 2.05) is 11.3 Å². The van der Waals surface area contributed by atoms with Gasteiger partial charge in [-0.2, -0.15) is 0 Å². The fourth-order valence-corrected chi connectivity index (χ4v) is 5.70. The number of hydrogen-bond acceptors (Lipinski definition) is 4. The summed E-state index contributed by atoms with van der Waals surface area (Å²) in [6.45, 7) is 5.57. The van der Waals surface area contributed by atoms with Crippen molar-refractivity contribution in [3.05, 3.63) is 58.7 Å². The second-order valence-electron chi connectivity index (χ2n) is 7.84. The molecule has 0 unspecified atom stereocenters. The molecule has 1 aliphatic carbocycles. The number of thiophene rings is 1. The van der Waals surface area contributed by atoms with E-state index < -0.39 is 0 Å². The number of fused-ring (bicyclic) bond motifs is 3. The van der Waals surface area contributed by atoms with Crippen LogP contribution >= 0.6 is 11.3 Å². The number of piperazine rings is 1. The zero-order chi connectivity index (χ0) is 18.8. The number of hydrogen-bond donors (Lipinski definition) is 1. The number of aromatic nitrogens is 2. The fourth-order valence-electron chi connectivity index (χ4n) is 4.48. The maximum atomic E-state index is 4.74. The molecule has 4 nitrogen and oxygen atoms in total. The average molecular weight is 392 g/mol. The van der Waals surface area contributed by atoms with E-state index >= 15 is 0 Å². The number of aryl methyl sites for hydroxylation is 2. The van der Waals surface area contributed by atoms with Crippen molar-refractivity contribution in [2.75, 3.05) is 37.6 Å². The van der Waals surface area contributed by atoms with Gasteiger partial charge in [-0.3, -0.25) is 0 Å². The lowest BCUT2D eigenvalue weighted by atomic mass is 9.97. The van der Waals surface area contributed by atoms with E-state index in [-0.39, 0.29) is 0 Å². The Bertz CT molecular complexity index is 971. The molecule has 5 heteroatoms. The summed E-state index contributed by atoms with van der Waals surface area (Å²) in [5.74, 6) is 1.18. The third-order valence-electron chi connectivity index (χ3n) is 6.02. The van der Waals surface area contributed by atoms with Gasteiger partial charge in [0.15, 0.2) is 0 Å². The van der Waals surface area contributed by atoms with Crippen LogP contribution in [0.15, 0.2) is 42.7 Å². The molecule has 1 aromatic carbocycles. The van der Waals surface area contributed by atoms with E-state index in [2.05, 4.69) is 52.4 Å². The molecule has 1 saturated heterocycles. The topological polar surface area (TPSA) is 33.5 Å². The highest BCUT2D eigenvalue weighted by Gasteiger charge is 2.25. The maximum Gasteiger partial charge on any atom is 0.141 e. The number of nitrogens with one attached hydrogen (secondary N) is 1. The van der Waals surface area contributed by atoms with Crippen molar-refractivity contribution in [3.8, 4) is 0 Å². The van der Waals surface area contributed by atoms with Crippen molar-refractivity contribution in [1.82, 2.24) is 9.97 Å². The number of nitrogens with zero attached hydrogens (tertiary/aromatic N) is 3. The first-order valence-corrected chi connectivity index (χ1v) is 11.3. The van der Waals surface area contributed by atoms with Gasteiger partial charge in [-0.05, 0) is 42.9 Å². The summed E-state index contributed by atoms with van der Waals surface area (Å²) >= 11 is 1.90. The predicted molar refractivity (Wildman–Crippen MR) is 117 cm³/mol. The van der Waals surface area contributed by atoms with Gasteiger partial charge >= 0.3 is 0 Å². The van der Waals surface area contributed by atoms with E-state index in [1.54, 1.807) is 21.7 Å². The summed E-state index contributed by atoms with van der Waals surface area (Å²) in [5.41, 5.74) is 2.83. The summed E-state index contributed by atoms with van der Waals surface area (Å²) in [4.78, 5) is 16.2. The average Bonchev–Trinajstić information content (AvgIpc) is 3.14. The zero-order valence-corrected chi connectivity index (χ0v) is 17.0. The molecule has 3 heterocycles. The molecular formula is C23H27N4S+. The largest absolute Gasteiger partial charge is 0.345 e. The van der Waals surface area contributed by atoms with Crippen molar-refractivity contribution in [3.63, 3.8) is 0 Å². The highest BCUT2D eigenvalue weighted by molar-refractivity contribution is 7.19. The van der Waals surface area contributed by atoms with Gasteiger partial charge in [0.25, 0.3) is 0 Å². The molecule has 0 atom stereocenters. The van der Waals surface area contributed by atoms with E-state index in [0.29, 0.717) is 0 Å². The minimum absolute atomic E-state index is 1.07. The van der Waals surface area contributed by atoms with Crippen LogP contribution in [0.25, 0.3) is 16.3 Å². The molecular weight excluding hydrogens is 364 g/mol. The molecule has 0 amide bonds. The van der Waals surface area contributed by atoms with Gasteiger partial charge in [0, 0.05) is 4.88 Å². The van der Waals surface area contributed by atoms with Crippen molar-refractivity contribution in [1.29, 1.82) is 0 Å². The van der Waals surface area contributed by atoms with Crippen LogP contribution in [0.3, 0.4) is 0 Å². The Morgan fingerprint density at radius 2 is 1.86 bits per heavy atom. The third kappa shape index (κ3) is 3.56.